The number of benzene rings is 2. The zero-order chi connectivity index (χ0) is 21.6. The Kier molecular flexibility index (Phi) is 6.40. The van der Waals surface area contributed by atoms with Gasteiger partial charge < -0.3 is 5.73 Å². The molecule has 0 spiro atoms. The molecular formula is C15H14N6O7S. The Labute approximate surface area is 163 Å². The molecule has 0 aliphatic heterocycles. The average Bonchev–Trinajstić information content (AvgIpc) is 2.66. The molecule has 0 unspecified atom stereocenters. The van der Waals surface area contributed by atoms with E-state index in [1.54, 1.807) is 19.1 Å². The van der Waals surface area contributed by atoms with Gasteiger partial charge in [-0.2, -0.15) is 13.5 Å². The van der Waals surface area contributed by atoms with Crippen molar-refractivity contribution < 1.29 is 22.5 Å². The Hall–Kier alpha value is -4.07. The van der Waals surface area contributed by atoms with Crippen LogP contribution in [0.2, 0.25) is 0 Å². The number of nitrogens with zero attached hydrogens (tertiary/aromatic N) is 4. The van der Waals surface area contributed by atoms with E-state index in [-0.39, 0.29) is 4.90 Å². The molecule has 0 atom stereocenters. The summed E-state index contributed by atoms with van der Waals surface area (Å²) < 4.78 is 28.4. The van der Waals surface area contributed by atoms with Crippen molar-refractivity contribution in [3.8, 4) is 0 Å². The molecule has 2 aromatic carbocycles. The highest BCUT2D eigenvalue weighted by Gasteiger charge is 2.23. The first-order valence-electron chi connectivity index (χ1n) is 7.66. The van der Waals surface area contributed by atoms with E-state index in [0.717, 1.165) is 30.0 Å². The largest absolute Gasteiger partial charge is 0.366 e. The zero-order valence-corrected chi connectivity index (χ0v) is 15.6. The van der Waals surface area contributed by atoms with Crippen LogP contribution in [0.15, 0.2) is 57.6 Å². The van der Waals surface area contributed by atoms with Crippen LogP contribution in [0, 0.1) is 27.2 Å². The lowest BCUT2D eigenvalue weighted by molar-refractivity contribution is -0.394. The van der Waals surface area contributed by atoms with E-state index in [1.807, 2.05) is 0 Å². The summed E-state index contributed by atoms with van der Waals surface area (Å²) in [6, 6.07) is 9.02. The molecule has 0 aliphatic rings. The zero-order valence-electron chi connectivity index (χ0n) is 14.8. The minimum Gasteiger partial charge on any atom is -0.366 e. The number of hydrogen-bond donors (Lipinski definition) is 2. The van der Waals surface area contributed by atoms with Crippen molar-refractivity contribution in [2.45, 2.75) is 11.8 Å². The smallest absolute Gasteiger partial charge is 0.358 e. The summed E-state index contributed by atoms with van der Waals surface area (Å²) in [5.74, 6) is -0.613. The monoisotopic (exact) mass is 422 g/mol. The third kappa shape index (κ3) is 5.46. The molecule has 0 aliphatic carbocycles. The Balaban J connectivity index is 2.15. The van der Waals surface area contributed by atoms with E-state index in [9.17, 15) is 28.6 Å². The first-order chi connectivity index (χ1) is 13.6. The number of hydrogen-bond acceptors (Lipinski definition) is 9. The molecule has 152 valence electrons. The third-order valence-corrected chi connectivity index (χ3v) is 4.49. The highest BCUT2D eigenvalue weighted by Crippen LogP contribution is 2.26. The summed E-state index contributed by atoms with van der Waals surface area (Å²) >= 11 is 0. The molecule has 2 rings (SSSR count). The SMILES string of the molecule is Cc1ccc(S(=O)(=O)ON=C(N)NN=Cc2c([N+](=O)[O-])cccc2[N+](=O)[O-])cc1. The van der Waals surface area contributed by atoms with E-state index in [0.29, 0.717) is 0 Å². The normalized spacial score (nSPS) is 12.0. The average molecular weight is 422 g/mol. The molecule has 0 amide bonds. The van der Waals surface area contributed by atoms with Gasteiger partial charge in [-0.1, -0.05) is 17.7 Å². The second-order valence-electron chi connectivity index (χ2n) is 5.41. The number of aryl methyl sites for hydroxylation is 1. The number of nitro benzene ring substituents is 2. The van der Waals surface area contributed by atoms with E-state index >= 15 is 0 Å². The van der Waals surface area contributed by atoms with Crippen molar-refractivity contribution in [2.75, 3.05) is 0 Å². The number of nitrogens with one attached hydrogen (secondary N) is 1. The molecule has 14 heteroatoms. The van der Waals surface area contributed by atoms with E-state index in [2.05, 4.69) is 20.0 Å². The van der Waals surface area contributed by atoms with Gasteiger partial charge in [0.1, 0.15) is 10.5 Å². The molecule has 0 saturated heterocycles. The Bertz CT molecular complexity index is 1060. The molecular weight excluding hydrogens is 408 g/mol. The third-order valence-electron chi connectivity index (χ3n) is 3.37. The fraction of sp³-hybridized carbons (Fsp3) is 0.0667. The molecule has 0 bridgehead atoms. The van der Waals surface area contributed by atoms with Crippen LogP contribution < -0.4 is 11.2 Å². The Morgan fingerprint density at radius 3 is 2.17 bits per heavy atom. The number of hydrazone groups is 1. The van der Waals surface area contributed by atoms with Crippen LogP contribution in [-0.2, 0) is 14.4 Å². The highest BCUT2D eigenvalue weighted by atomic mass is 32.2. The fourth-order valence-electron chi connectivity index (χ4n) is 2.01. The molecule has 0 radical (unpaired) electrons. The molecule has 0 fully saturated rings. The first-order valence-corrected chi connectivity index (χ1v) is 9.07. The summed E-state index contributed by atoms with van der Waals surface area (Å²) in [5, 5.41) is 28.7. The van der Waals surface area contributed by atoms with Crippen LogP contribution >= 0.6 is 0 Å². The molecule has 0 heterocycles. The van der Waals surface area contributed by atoms with Crippen molar-refractivity contribution in [2.24, 2.45) is 16.0 Å². The van der Waals surface area contributed by atoms with Crippen molar-refractivity contribution in [1.82, 2.24) is 5.43 Å². The van der Waals surface area contributed by atoms with Crippen LogP contribution in [0.3, 0.4) is 0 Å². The molecule has 29 heavy (non-hydrogen) atoms. The Morgan fingerprint density at radius 1 is 1.10 bits per heavy atom. The van der Waals surface area contributed by atoms with Gasteiger partial charge in [-0.05, 0) is 30.3 Å². The maximum absolute atomic E-state index is 12.0. The summed E-state index contributed by atoms with van der Waals surface area (Å²) in [6.07, 6.45) is 0.785. The number of nitro groups is 2. The van der Waals surface area contributed by atoms with Gasteiger partial charge in [0.25, 0.3) is 17.3 Å². The summed E-state index contributed by atoms with van der Waals surface area (Å²) in [5.41, 5.74) is 6.80. The van der Waals surface area contributed by atoms with Gasteiger partial charge in [0.15, 0.2) is 0 Å². The lowest BCUT2D eigenvalue weighted by Gasteiger charge is -2.03. The topological polar surface area (TPSA) is 192 Å². The summed E-state index contributed by atoms with van der Waals surface area (Å²) in [6.45, 7) is 1.77. The second kappa shape index (κ2) is 8.75. The lowest BCUT2D eigenvalue weighted by atomic mass is 10.1. The standard InChI is InChI=1S/C15H14N6O7S/c1-10-5-7-11(8-6-10)29(26,27)28-19-15(16)18-17-9-12-13(20(22)23)3-2-4-14(12)21(24)25/h2-9H,1H3,(H3,16,18,19). The van der Waals surface area contributed by atoms with Gasteiger partial charge in [0.05, 0.1) is 16.1 Å². The molecule has 0 aromatic heterocycles. The number of guanidine groups is 1. The maximum Gasteiger partial charge on any atom is 0.358 e. The predicted molar refractivity (Wildman–Crippen MR) is 102 cm³/mol. The number of nitrogens with two attached hydrogens (primary N) is 1. The van der Waals surface area contributed by atoms with Gasteiger partial charge in [0, 0.05) is 12.1 Å². The Morgan fingerprint density at radius 2 is 1.66 bits per heavy atom. The molecule has 0 saturated carbocycles. The first kappa shape index (κ1) is 21.2. The fourth-order valence-corrected chi connectivity index (χ4v) is 2.75. The van der Waals surface area contributed by atoms with Crippen LogP contribution in [0.5, 0.6) is 0 Å². The van der Waals surface area contributed by atoms with E-state index in [1.165, 1.54) is 12.1 Å². The predicted octanol–water partition coefficient (Wildman–Crippen LogP) is 1.37. The molecule has 3 N–H and O–H groups in total. The molecule has 2 aromatic rings. The number of rotatable bonds is 7. The van der Waals surface area contributed by atoms with Gasteiger partial charge in [-0.15, -0.1) is 0 Å². The minimum atomic E-state index is -4.22. The van der Waals surface area contributed by atoms with Crippen molar-refractivity contribution >= 4 is 33.7 Å². The van der Waals surface area contributed by atoms with Crippen LogP contribution in [-0.4, -0.2) is 30.4 Å². The highest BCUT2D eigenvalue weighted by molar-refractivity contribution is 7.86. The van der Waals surface area contributed by atoms with Crippen LogP contribution in [0.4, 0.5) is 11.4 Å². The van der Waals surface area contributed by atoms with E-state index in [4.69, 9.17) is 5.73 Å². The van der Waals surface area contributed by atoms with Gasteiger partial charge in [-0.25, -0.2) is 5.43 Å². The van der Waals surface area contributed by atoms with Crippen molar-refractivity contribution in [1.29, 1.82) is 0 Å². The quantitative estimate of drug-likeness (QED) is 0.287. The second-order valence-corrected chi connectivity index (χ2v) is 6.94. The van der Waals surface area contributed by atoms with Gasteiger partial charge in [0.2, 0.25) is 0 Å². The molecule has 13 nitrogen and oxygen atoms in total. The minimum absolute atomic E-state index is 0.154. The summed E-state index contributed by atoms with van der Waals surface area (Å²) in [7, 11) is -4.22. The van der Waals surface area contributed by atoms with Gasteiger partial charge in [-0.3, -0.25) is 24.5 Å². The van der Waals surface area contributed by atoms with Crippen molar-refractivity contribution in [3.05, 3.63) is 73.8 Å². The maximum atomic E-state index is 12.0. The van der Waals surface area contributed by atoms with Crippen LogP contribution in [0.1, 0.15) is 11.1 Å². The van der Waals surface area contributed by atoms with Crippen LogP contribution in [0.25, 0.3) is 0 Å². The van der Waals surface area contributed by atoms with E-state index < -0.39 is 42.9 Å². The summed E-state index contributed by atoms with van der Waals surface area (Å²) in [4.78, 5) is 20.3. The van der Waals surface area contributed by atoms with Gasteiger partial charge >= 0.3 is 10.1 Å². The van der Waals surface area contributed by atoms with Crippen molar-refractivity contribution in [3.63, 3.8) is 0 Å². The lowest BCUT2D eigenvalue weighted by Crippen LogP contribution is -2.28. The number of oxime groups is 1.